The van der Waals surface area contributed by atoms with Gasteiger partial charge in [-0.05, 0) is 37.2 Å². The van der Waals surface area contributed by atoms with Crippen LogP contribution < -0.4 is 16.1 Å². The molecule has 1 aliphatic heterocycles. The Labute approximate surface area is 183 Å². The maximum absolute atomic E-state index is 15.2. The molecule has 1 aromatic heterocycles. The number of allylic oxidation sites excluding steroid dienone is 1. The Morgan fingerprint density at radius 2 is 2.03 bits per heavy atom. The maximum Gasteiger partial charge on any atom is 0.341 e. The molecule has 1 saturated carbocycles. The zero-order valence-corrected chi connectivity index (χ0v) is 17.6. The molecule has 6 nitrogen and oxygen atoms in total. The number of nitrogens with two attached hydrogens (primary N) is 1. The molecular weight excluding hydrogens is 432 g/mol. The summed E-state index contributed by atoms with van der Waals surface area (Å²) in [6.45, 7) is 1.24. The summed E-state index contributed by atoms with van der Waals surface area (Å²) in [6, 6.07) is 1.15. The number of pyridine rings is 1. The van der Waals surface area contributed by atoms with Gasteiger partial charge in [-0.25, -0.2) is 9.18 Å². The summed E-state index contributed by atoms with van der Waals surface area (Å²) >= 11 is 6.71. The van der Waals surface area contributed by atoms with Crippen LogP contribution in [0.2, 0.25) is 5.02 Å². The number of rotatable bonds is 3. The van der Waals surface area contributed by atoms with Gasteiger partial charge in [0.2, 0.25) is 5.43 Å². The van der Waals surface area contributed by atoms with Crippen LogP contribution in [0, 0.1) is 17.7 Å². The van der Waals surface area contributed by atoms with Gasteiger partial charge in [-0.1, -0.05) is 23.8 Å². The Morgan fingerprint density at radius 3 is 2.67 bits per heavy atom. The van der Waals surface area contributed by atoms with Gasteiger partial charge >= 0.3 is 5.97 Å². The second-order valence-electron chi connectivity index (χ2n) is 8.30. The predicted octanol–water partition coefficient (Wildman–Crippen LogP) is 3.59. The highest BCUT2D eigenvalue weighted by Gasteiger charge is 2.39. The molecule has 0 bridgehead atoms. The van der Waals surface area contributed by atoms with E-state index in [1.54, 1.807) is 4.57 Å². The van der Waals surface area contributed by atoms with Gasteiger partial charge < -0.3 is 20.3 Å². The first kappa shape index (κ1) is 21.2. The van der Waals surface area contributed by atoms with Crippen molar-refractivity contribution in [3.8, 4) is 0 Å². The van der Waals surface area contributed by atoms with Crippen LogP contribution in [-0.2, 0) is 0 Å². The van der Waals surface area contributed by atoms with Crippen molar-refractivity contribution in [2.24, 2.45) is 17.6 Å². The molecule has 5 rings (SSSR count). The third kappa shape index (κ3) is 3.20. The van der Waals surface area contributed by atoms with E-state index in [4.69, 9.17) is 17.3 Å². The summed E-state index contributed by atoms with van der Waals surface area (Å²) in [6.07, 6.45) is 8.06. The standard InChI is InChI=1S/C21H21ClFN3O3.ClH/c22-17-18-12(20(27)14(21(28)29)9-26(18)11-4-5-11)6-15(23)19(17)25-7-10-2-1-3-16(24)13(10)8-25;/h1,3,6,9-11,13,16H,2,4-5,7-8,24H2,(H,28,29);1H. The molecule has 2 aliphatic carbocycles. The number of nitrogens with zero attached hydrogens (tertiary/aromatic N) is 2. The number of aromatic carboxylic acids is 1. The molecule has 0 radical (unpaired) electrons. The van der Waals surface area contributed by atoms with Gasteiger partial charge in [0.15, 0.2) is 0 Å². The normalized spacial score (nSPS) is 25.3. The summed E-state index contributed by atoms with van der Waals surface area (Å²) in [5, 5.41) is 9.57. The number of aromatic nitrogens is 1. The SMILES string of the molecule is Cl.NC1C=CCC2CN(c3c(F)cc4c(=O)c(C(=O)O)cn(C5CC5)c4c3Cl)CC12. The van der Waals surface area contributed by atoms with Crippen LogP contribution >= 0.6 is 24.0 Å². The zero-order chi connectivity index (χ0) is 20.4. The van der Waals surface area contributed by atoms with Crippen molar-refractivity contribution >= 4 is 46.6 Å². The van der Waals surface area contributed by atoms with Gasteiger partial charge in [0, 0.05) is 31.4 Å². The monoisotopic (exact) mass is 453 g/mol. The van der Waals surface area contributed by atoms with E-state index >= 15 is 4.39 Å². The lowest BCUT2D eigenvalue weighted by atomic mass is 9.83. The van der Waals surface area contributed by atoms with Crippen molar-refractivity contribution in [2.45, 2.75) is 31.3 Å². The first-order valence-corrected chi connectivity index (χ1v) is 10.2. The van der Waals surface area contributed by atoms with E-state index in [0.717, 1.165) is 25.3 Å². The summed E-state index contributed by atoms with van der Waals surface area (Å²) in [5.74, 6) is -1.37. The molecule has 1 saturated heterocycles. The Balaban J connectivity index is 0.00000218. The molecule has 160 valence electrons. The third-order valence-corrected chi connectivity index (χ3v) is 6.81. The van der Waals surface area contributed by atoms with E-state index in [2.05, 4.69) is 6.08 Å². The van der Waals surface area contributed by atoms with Gasteiger partial charge in [0.05, 0.1) is 21.6 Å². The van der Waals surface area contributed by atoms with Crippen LogP contribution in [0.4, 0.5) is 10.1 Å². The molecule has 2 heterocycles. The van der Waals surface area contributed by atoms with E-state index in [9.17, 15) is 14.7 Å². The van der Waals surface area contributed by atoms with Crippen LogP contribution in [0.15, 0.2) is 29.2 Å². The van der Waals surface area contributed by atoms with E-state index in [1.165, 1.54) is 6.20 Å². The maximum atomic E-state index is 15.2. The Hall–Kier alpha value is -2.09. The highest BCUT2D eigenvalue weighted by molar-refractivity contribution is 6.38. The molecule has 3 unspecified atom stereocenters. The number of halogens is 3. The molecular formula is C21H22Cl2FN3O3. The second-order valence-corrected chi connectivity index (χ2v) is 8.68. The zero-order valence-electron chi connectivity index (χ0n) is 16.1. The summed E-state index contributed by atoms with van der Waals surface area (Å²) in [4.78, 5) is 26.1. The molecule has 1 aromatic carbocycles. The number of carboxylic acid groups (broad SMARTS) is 1. The third-order valence-electron chi connectivity index (χ3n) is 6.45. The Bertz CT molecular complexity index is 1130. The number of fused-ring (bicyclic) bond motifs is 2. The second kappa shape index (κ2) is 7.55. The topological polar surface area (TPSA) is 88.6 Å². The predicted molar refractivity (Wildman–Crippen MR) is 117 cm³/mol. The molecule has 3 N–H and O–H groups in total. The van der Waals surface area contributed by atoms with Crippen molar-refractivity contribution in [2.75, 3.05) is 18.0 Å². The van der Waals surface area contributed by atoms with Gasteiger partial charge in [-0.15, -0.1) is 12.4 Å². The molecule has 0 amide bonds. The Morgan fingerprint density at radius 1 is 1.30 bits per heavy atom. The fourth-order valence-corrected chi connectivity index (χ4v) is 5.24. The van der Waals surface area contributed by atoms with Crippen molar-refractivity contribution in [3.63, 3.8) is 0 Å². The molecule has 3 atom stereocenters. The van der Waals surface area contributed by atoms with Crippen molar-refractivity contribution in [3.05, 3.63) is 51.0 Å². The first-order valence-electron chi connectivity index (χ1n) is 9.84. The highest BCUT2D eigenvalue weighted by Crippen LogP contribution is 2.44. The number of anilines is 1. The van der Waals surface area contributed by atoms with Crippen molar-refractivity contribution in [1.82, 2.24) is 4.57 Å². The van der Waals surface area contributed by atoms with E-state index in [-0.39, 0.29) is 52.1 Å². The van der Waals surface area contributed by atoms with Crippen molar-refractivity contribution in [1.29, 1.82) is 0 Å². The van der Waals surface area contributed by atoms with Crippen LogP contribution in [0.1, 0.15) is 35.7 Å². The quantitative estimate of drug-likeness (QED) is 0.693. The number of carbonyl (C=O) groups is 1. The molecule has 0 spiro atoms. The van der Waals surface area contributed by atoms with Crippen molar-refractivity contribution < 1.29 is 14.3 Å². The van der Waals surface area contributed by atoms with Gasteiger partial charge in [-0.3, -0.25) is 4.79 Å². The van der Waals surface area contributed by atoms with Gasteiger partial charge in [-0.2, -0.15) is 0 Å². The summed E-state index contributed by atoms with van der Waals surface area (Å²) in [7, 11) is 0. The number of carboxylic acids is 1. The van der Waals surface area contributed by atoms with Crippen LogP contribution in [0.25, 0.3) is 10.9 Å². The molecule has 2 fully saturated rings. The lowest BCUT2D eigenvalue weighted by Gasteiger charge is -2.25. The lowest BCUT2D eigenvalue weighted by Crippen LogP contribution is -2.35. The molecule has 3 aliphatic rings. The number of hydrogen-bond donors (Lipinski definition) is 2. The smallest absolute Gasteiger partial charge is 0.341 e. The minimum absolute atomic E-state index is 0. The fraction of sp³-hybridized carbons (Fsp3) is 0.429. The average Bonchev–Trinajstić information content (AvgIpc) is 3.42. The number of benzene rings is 1. The van der Waals surface area contributed by atoms with Crippen LogP contribution in [-0.4, -0.2) is 34.8 Å². The van der Waals surface area contributed by atoms with E-state index in [1.807, 2.05) is 11.0 Å². The minimum Gasteiger partial charge on any atom is -0.477 e. The first-order chi connectivity index (χ1) is 13.9. The summed E-state index contributed by atoms with van der Waals surface area (Å²) in [5.41, 5.74) is 5.84. The van der Waals surface area contributed by atoms with E-state index < -0.39 is 17.2 Å². The molecule has 9 heteroatoms. The fourth-order valence-electron chi connectivity index (χ4n) is 4.83. The van der Waals surface area contributed by atoms with Crippen LogP contribution in [0.5, 0.6) is 0 Å². The van der Waals surface area contributed by atoms with Gasteiger partial charge in [0.1, 0.15) is 11.4 Å². The number of hydrogen-bond acceptors (Lipinski definition) is 4. The molecule has 30 heavy (non-hydrogen) atoms. The lowest BCUT2D eigenvalue weighted by molar-refractivity contribution is 0.0695. The largest absolute Gasteiger partial charge is 0.477 e. The minimum atomic E-state index is -1.32. The van der Waals surface area contributed by atoms with E-state index in [0.29, 0.717) is 24.5 Å². The Kier molecular flexibility index (Phi) is 5.33. The average molecular weight is 454 g/mol. The van der Waals surface area contributed by atoms with Crippen LogP contribution in [0.3, 0.4) is 0 Å². The molecule has 2 aromatic rings. The van der Waals surface area contributed by atoms with Gasteiger partial charge in [0.25, 0.3) is 0 Å². The summed E-state index contributed by atoms with van der Waals surface area (Å²) < 4.78 is 16.9. The highest BCUT2D eigenvalue weighted by atomic mass is 35.5.